The molecule has 6 heteroatoms. The number of thiophene rings is 1. The van der Waals surface area contributed by atoms with Gasteiger partial charge in [0.15, 0.2) is 0 Å². The molecule has 4 nitrogen and oxygen atoms in total. The Morgan fingerprint density at radius 2 is 1.88 bits per heavy atom. The Kier molecular flexibility index (Phi) is 5.69. The van der Waals surface area contributed by atoms with Crippen LogP contribution in [0.25, 0.3) is 0 Å². The van der Waals surface area contributed by atoms with Gasteiger partial charge in [-0.15, -0.1) is 11.3 Å². The van der Waals surface area contributed by atoms with E-state index >= 15 is 0 Å². The lowest BCUT2D eigenvalue weighted by Crippen LogP contribution is -2.39. The summed E-state index contributed by atoms with van der Waals surface area (Å²) in [6.45, 7) is 5.34. The number of nitrogens with zero attached hydrogens (tertiary/aromatic N) is 1. The molecule has 1 aromatic carbocycles. The summed E-state index contributed by atoms with van der Waals surface area (Å²) in [5.41, 5.74) is 1.79. The molecule has 2 aromatic rings. The van der Waals surface area contributed by atoms with Crippen LogP contribution in [0.2, 0.25) is 0 Å². The third-order valence-electron chi connectivity index (χ3n) is 4.80. The van der Waals surface area contributed by atoms with E-state index < -0.39 is 10.0 Å². The molecule has 0 radical (unpaired) electrons. The van der Waals surface area contributed by atoms with Crippen molar-refractivity contribution in [3.05, 3.63) is 41.3 Å². The molecule has 3 rings (SSSR count). The van der Waals surface area contributed by atoms with Crippen molar-refractivity contribution in [2.75, 3.05) is 16.2 Å². The number of hydrogen-bond donors (Lipinski definition) is 1. The summed E-state index contributed by atoms with van der Waals surface area (Å²) in [7, 11) is -3.50. The fourth-order valence-corrected chi connectivity index (χ4v) is 5.74. The Labute approximate surface area is 154 Å². The molecule has 0 spiro atoms. The number of sulfonamides is 1. The second kappa shape index (κ2) is 7.79. The minimum absolute atomic E-state index is 0.371. The summed E-state index contributed by atoms with van der Waals surface area (Å²) >= 11 is 1.33. The summed E-state index contributed by atoms with van der Waals surface area (Å²) in [4.78, 5) is 3.53. The number of piperidine rings is 1. The Hall–Kier alpha value is -1.53. The zero-order valence-corrected chi connectivity index (χ0v) is 16.5. The lowest BCUT2D eigenvalue weighted by Gasteiger charge is -2.37. The summed E-state index contributed by atoms with van der Waals surface area (Å²) in [5, 5.41) is 0. The van der Waals surface area contributed by atoms with Gasteiger partial charge in [0.05, 0.1) is 0 Å². The minimum atomic E-state index is -3.50. The highest BCUT2D eigenvalue weighted by Gasteiger charge is 2.21. The van der Waals surface area contributed by atoms with Crippen molar-refractivity contribution in [2.24, 2.45) is 0 Å². The number of benzene rings is 1. The van der Waals surface area contributed by atoms with Crippen molar-refractivity contribution in [1.29, 1.82) is 0 Å². The Bertz CT molecular complexity index is 797. The first-order chi connectivity index (χ1) is 12.0. The van der Waals surface area contributed by atoms with Crippen molar-refractivity contribution in [1.82, 2.24) is 0 Å². The first-order valence-electron chi connectivity index (χ1n) is 9.01. The highest BCUT2D eigenvalue weighted by atomic mass is 32.2. The number of anilines is 2. The van der Waals surface area contributed by atoms with Gasteiger partial charge in [0.25, 0.3) is 10.0 Å². The maximum Gasteiger partial charge on any atom is 0.271 e. The second-order valence-corrected chi connectivity index (χ2v) is 9.56. The zero-order valence-electron chi connectivity index (χ0n) is 14.9. The van der Waals surface area contributed by atoms with E-state index in [0.717, 1.165) is 24.3 Å². The molecular formula is C19H26N2O2S2. The predicted molar refractivity (Wildman–Crippen MR) is 106 cm³/mol. The third-order valence-corrected chi connectivity index (χ3v) is 7.90. The summed E-state index contributed by atoms with van der Waals surface area (Å²) in [6.07, 6.45) is 5.76. The summed E-state index contributed by atoms with van der Waals surface area (Å²) in [5.74, 6) is 0. The van der Waals surface area contributed by atoms with Crippen molar-refractivity contribution in [2.45, 2.75) is 56.2 Å². The van der Waals surface area contributed by atoms with Gasteiger partial charge < -0.3 is 4.90 Å². The molecule has 1 aliphatic heterocycles. The van der Waals surface area contributed by atoms with Crippen LogP contribution in [0.5, 0.6) is 0 Å². The van der Waals surface area contributed by atoms with Crippen molar-refractivity contribution >= 4 is 32.7 Å². The molecule has 0 bridgehead atoms. The molecule has 1 aliphatic rings. The van der Waals surface area contributed by atoms with Crippen molar-refractivity contribution in [3.63, 3.8) is 0 Å². The predicted octanol–water partition coefficient (Wildman–Crippen LogP) is 4.88. The van der Waals surface area contributed by atoms with E-state index in [4.69, 9.17) is 0 Å². The topological polar surface area (TPSA) is 49.4 Å². The highest BCUT2D eigenvalue weighted by molar-refractivity contribution is 7.94. The van der Waals surface area contributed by atoms with Crippen molar-refractivity contribution < 1.29 is 8.42 Å². The van der Waals surface area contributed by atoms with E-state index in [1.54, 1.807) is 6.07 Å². The van der Waals surface area contributed by atoms with Crippen LogP contribution in [0, 0.1) is 0 Å². The monoisotopic (exact) mass is 378 g/mol. The Balaban J connectivity index is 1.74. The smallest absolute Gasteiger partial charge is 0.271 e. The molecule has 1 atom stereocenters. The van der Waals surface area contributed by atoms with Crippen LogP contribution in [0.15, 0.2) is 40.6 Å². The van der Waals surface area contributed by atoms with E-state index in [-0.39, 0.29) is 0 Å². The SMILES string of the molecule is CCc1ccc(S(=O)(=O)Nc2ccc(N3CCCCC3CC)cc2)s1. The molecular weight excluding hydrogens is 352 g/mol. The molecule has 136 valence electrons. The van der Waals surface area contributed by atoms with E-state index in [9.17, 15) is 8.42 Å². The zero-order chi connectivity index (χ0) is 17.9. The number of hydrogen-bond acceptors (Lipinski definition) is 4. The quantitative estimate of drug-likeness (QED) is 0.779. The maximum atomic E-state index is 12.5. The molecule has 0 aliphatic carbocycles. The lowest BCUT2D eigenvalue weighted by atomic mass is 9.99. The fourth-order valence-electron chi connectivity index (χ4n) is 3.38. The molecule has 0 saturated carbocycles. The first kappa shape index (κ1) is 18.3. The lowest BCUT2D eigenvalue weighted by molar-refractivity contribution is 0.450. The molecule has 2 heterocycles. The van der Waals surface area contributed by atoms with Gasteiger partial charge in [0.2, 0.25) is 0 Å². The van der Waals surface area contributed by atoms with Gasteiger partial charge in [0.1, 0.15) is 4.21 Å². The molecule has 1 unspecified atom stereocenters. The van der Waals surface area contributed by atoms with Gasteiger partial charge in [0, 0.05) is 28.8 Å². The minimum Gasteiger partial charge on any atom is -0.369 e. The molecule has 1 saturated heterocycles. The first-order valence-corrected chi connectivity index (χ1v) is 11.3. The van der Waals surface area contributed by atoms with Gasteiger partial charge in [-0.05, 0) is 68.5 Å². The van der Waals surface area contributed by atoms with Gasteiger partial charge in [-0.25, -0.2) is 8.42 Å². The van der Waals surface area contributed by atoms with Crippen LogP contribution >= 0.6 is 11.3 Å². The molecule has 25 heavy (non-hydrogen) atoms. The summed E-state index contributed by atoms with van der Waals surface area (Å²) in [6, 6.07) is 11.9. The maximum absolute atomic E-state index is 12.5. The van der Waals surface area contributed by atoms with Crippen LogP contribution in [0.3, 0.4) is 0 Å². The van der Waals surface area contributed by atoms with Crippen LogP contribution in [0.1, 0.15) is 44.4 Å². The van der Waals surface area contributed by atoms with E-state index in [2.05, 4.69) is 16.5 Å². The average Bonchev–Trinajstić information content (AvgIpc) is 3.12. The highest BCUT2D eigenvalue weighted by Crippen LogP contribution is 2.29. The normalized spacial score (nSPS) is 18.3. The second-order valence-electron chi connectivity index (χ2n) is 6.48. The van der Waals surface area contributed by atoms with E-state index in [0.29, 0.717) is 15.9 Å². The van der Waals surface area contributed by atoms with Crippen LogP contribution < -0.4 is 9.62 Å². The van der Waals surface area contributed by atoms with Gasteiger partial charge in [-0.3, -0.25) is 4.72 Å². The summed E-state index contributed by atoms with van der Waals surface area (Å²) < 4.78 is 28.1. The average molecular weight is 379 g/mol. The van der Waals surface area contributed by atoms with Gasteiger partial charge in [-0.1, -0.05) is 13.8 Å². The van der Waals surface area contributed by atoms with E-state index in [1.165, 1.54) is 36.3 Å². The van der Waals surface area contributed by atoms with Gasteiger partial charge >= 0.3 is 0 Å². The third kappa shape index (κ3) is 4.18. The molecule has 1 N–H and O–H groups in total. The molecule has 1 aromatic heterocycles. The van der Waals surface area contributed by atoms with Crippen LogP contribution in [-0.2, 0) is 16.4 Å². The number of rotatable bonds is 6. The molecule has 0 amide bonds. The number of nitrogens with one attached hydrogen (secondary N) is 1. The number of aryl methyl sites for hydroxylation is 1. The van der Waals surface area contributed by atoms with E-state index in [1.807, 2.05) is 37.3 Å². The Morgan fingerprint density at radius 3 is 2.52 bits per heavy atom. The van der Waals surface area contributed by atoms with Crippen LogP contribution in [-0.4, -0.2) is 21.0 Å². The van der Waals surface area contributed by atoms with Crippen molar-refractivity contribution in [3.8, 4) is 0 Å². The largest absolute Gasteiger partial charge is 0.369 e. The Morgan fingerprint density at radius 1 is 1.12 bits per heavy atom. The molecule has 1 fully saturated rings. The fraction of sp³-hybridized carbons (Fsp3) is 0.474. The standard InChI is InChI=1S/C19H26N2O2S2/c1-3-16-7-5-6-14-21(16)17-10-8-15(9-11-17)20-25(22,23)19-13-12-18(4-2)24-19/h8-13,16,20H,3-7,14H2,1-2H3. The van der Waals surface area contributed by atoms with Crippen LogP contribution in [0.4, 0.5) is 11.4 Å². The van der Waals surface area contributed by atoms with Gasteiger partial charge in [-0.2, -0.15) is 0 Å².